The molecule has 0 saturated carbocycles. The zero-order valence-electron chi connectivity index (χ0n) is 9.03. The molecule has 1 rings (SSSR count). The average Bonchev–Trinajstić information content (AvgIpc) is 2.30. The summed E-state index contributed by atoms with van der Waals surface area (Å²) in [5.41, 5.74) is 0.526. The van der Waals surface area contributed by atoms with Crippen molar-refractivity contribution in [3.63, 3.8) is 0 Å². The van der Waals surface area contributed by atoms with Crippen LogP contribution in [-0.4, -0.2) is 20.5 Å². The molecule has 0 aliphatic heterocycles. The summed E-state index contributed by atoms with van der Waals surface area (Å²) in [6.45, 7) is 4.00. The number of methoxy groups -OCH3 is 2. The summed E-state index contributed by atoms with van der Waals surface area (Å²) in [6.07, 6.45) is 0.748. The van der Waals surface area contributed by atoms with Gasteiger partial charge in [0.2, 0.25) is 0 Å². The third-order valence-electron chi connectivity index (χ3n) is 1.57. The molecule has 0 radical (unpaired) electrons. The minimum atomic E-state index is 0.526. The summed E-state index contributed by atoms with van der Waals surface area (Å²) in [5.74, 6) is 1.21. The highest BCUT2D eigenvalue weighted by Crippen LogP contribution is 2.22. The number of carbonyl (C=O) groups excluding carboxylic acids is 1. The van der Waals surface area contributed by atoms with Crippen LogP contribution in [0.4, 0.5) is 0 Å². The van der Waals surface area contributed by atoms with Gasteiger partial charge in [0.1, 0.15) is 11.5 Å². The van der Waals surface area contributed by atoms with Gasteiger partial charge in [0.15, 0.2) is 6.29 Å². The fraction of sp³-hybridized carbons (Fsp3) is 0.364. The molecule has 3 nitrogen and oxygen atoms in total. The summed E-state index contributed by atoms with van der Waals surface area (Å²) in [7, 11) is 3.08. The van der Waals surface area contributed by atoms with Crippen LogP contribution in [0.5, 0.6) is 11.5 Å². The van der Waals surface area contributed by atoms with Crippen LogP contribution in [0.25, 0.3) is 0 Å². The second-order valence-electron chi connectivity index (χ2n) is 2.23. The second-order valence-corrected chi connectivity index (χ2v) is 2.23. The van der Waals surface area contributed by atoms with E-state index in [1.807, 2.05) is 13.8 Å². The lowest BCUT2D eigenvalue weighted by Gasteiger charge is -2.05. The van der Waals surface area contributed by atoms with Crippen molar-refractivity contribution in [1.29, 1.82) is 0 Å². The molecule has 0 heterocycles. The van der Waals surface area contributed by atoms with Crippen molar-refractivity contribution in [1.82, 2.24) is 0 Å². The van der Waals surface area contributed by atoms with Crippen molar-refractivity contribution in [2.45, 2.75) is 13.8 Å². The van der Waals surface area contributed by atoms with Gasteiger partial charge in [-0.25, -0.2) is 0 Å². The monoisotopic (exact) mass is 196 g/mol. The average molecular weight is 196 g/mol. The van der Waals surface area contributed by atoms with Gasteiger partial charge >= 0.3 is 0 Å². The minimum absolute atomic E-state index is 0.526. The number of rotatable bonds is 3. The summed E-state index contributed by atoms with van der Waals surface area (Å²) in [5, 5.41) is 0. The lowest BCUT2D eigenvalue weighted by Crippen LogP contribution is -1.91. The third-order valence-corrected chi connectivity index (χ3v) is 1.57. The zero-order valence-corrected chi connectivity index (χ0v) is 9.03. The molecule has 0 spiro atoms. The van der Waals surface area contributed by atoms with Crippen LogP contribution < -0.4 is 9.47 Å². The van der Waals surface area contributed by atoms with Crippen LogP contribution in [0.15, 0.2) is 18.2 Å². The Hall–Kier alpha value is -1.51. The van der Waals surface area contributed by atoms with Crippen molar-refractivity contribution in [3.05, 3.63) is 23.8 Å². The number of carbonyl (C=O) groups is 1. The Bertz CT molecular complexity index is 282. The van der Waals surface area contributed by atoms with Gasteiger partial charge in [0.25, 0.3) is 0 Å². The SMILES string of the molecule is CC.COc1ccc(C=O)c(OC)c1. The number of benzene rings is 1. The molecule has 0 unspecified atom stereocenters. The van der Waals surface area contributed by atoms with E-state index in [4.69, 9.17) is 9.47 Å². The van der Waals surface area contributed by atoms with Crippen LogP contribution in [0.3, 0.4) is 0 Å². The molecule has 1 aromatic rings. The van der Waals surface area contributed by atoms with E-state index < -0.39 is 0 Å². The predicted molar refractivity (Wildman–Crippen MR) is 56.3 cm³/mol. The molecule has 14 heavy (non-hydrogen) atoms. The highest BCUT2D eigenvalue weighted by Gasteiger charge is 2.02. The molecular formula is C11H16O3. The molecule has 0 N–H and O–H groups in total. The summed E-state index contributed by atoms with van der Waals surface area (Å²) < 4.78 is 9.93. The van der Waals surface area contributed by atoms with E-state index >= 15 is 0 Å². The summed E-state index contributed by atoms with van der Waals surface area (Å²) >= 11 is 0. The number of hydrogen-bond donors (Lipinski definition) is 0. The van der Waals surface area contributed by atoms with Gasteiger partial charge in [-0.05, 0) is 12.1 Å². The molecule has 0 amide bonds. The first-order valence-corrected chi connectivity index (χ1v) is 4.49. The maximum Gasteiger partial charge on any atom is 0.153 e. The Kier molecular flexibility index (Phi) is 6.20. The number of hydrogen-bond acceptors (Lipinski definition) is 3. The van der Waals surface area contributed by atoms with Gasteiger partial charge in [0, 0.05) is 6.07 Å². The first-order chi connectivity index (χ1) is 6.81. The topological polar surface area (TPSA) is 35.5 Å². The Morgan fingerprint density at radius 3 is 2.21 bits per heavy atom. The van der Waals surface area contributed by atoms with Gasteiger partial charge in [-0.1, -0.05) is 13.8 Å². The molecule has 0 fully saturated rings. The highest BCUT2D eigenvalue weighted by atomic mass is 16.5. The Balaban J connectivity index is 0.000000791. The van der Waals surface area contributed by atoms with Crippen LogP contribution in [0.2, 0.25) is 0 Å². The molecule has 0 aromatic heterocycles. The van der Waals surface area contributed by atoms with Crippen molar-refractivity contribution in [2.24, 2.45) is 0 Å². The fourth-order valence-electron chi connectivity index (χ4n) is 0.916. The summed E-state index contributed by atoms with van der Waals surface area (Å²) in [4.78, 5) is 10.5. The van der Waals surface area contributed by atoms with E-state index in [0.717, 1.165) is 6.29 Å². The van der Waals surface area contributed by atoms with Gasteiger partial charge in [0.05, 0.1) is 19.8 Å². The van der Waals surface area contributed by atoms with E-state index in [0.29, 0.717) is 17.1 Å². The number of ether oxygens (including phenoxy) is 2. The molecule has 0 aliphatic carbocycles. The molecule has 1 aromatic carbocycles. The molecule has 0 aliphatic rings. The molecule has 0 saturated heterocycles. The largest absolute Gasteiger partial charge is 0.497 e. The fourth-order valence-corrected chi connectivity index (χ4v) is 0.916. The predicted octanol–water partition coefficient (Wildman–Crippen LogP) is 2.54. The van der Waals surface area contributed by atoms with Crippen molar-refractivity contribution < 1.29 is 14.3 Å². The van der Waals surface area contributed by atoms with Crippen LogP contribution in [-0.2, 0) is 0 Å². The molecule has 3 heteroatoms. The Morgan fingerprint density at radius 2 is 1.79 bits per heavy atom. The molecule has 0 atom stereocenters. The van der Waals surface area contributed by atoms with Gasteiger partial charge in [-0.3, -0.25) is 4.79 Å². The van der Waals surface area contributed by atoms with Crippen molar-refractivity contribution in [3.8, 4) is 11.5 Å². The summed E-state index contributed by atoms with van der Waals surface area (Å²) in [6, 6.07) is 5.04. The van der Waals surface area contributed by atoms with Crippen molar-refractivity contribution >= 4 is 6.29 Å². The molecular weight excluding hydrogens is 180 g/mol. The maximum absolute atomic E-state index is 10.5. The molecule has 0 bridgehead atoms. The maximum atomic E-state index is 10.5. The van der Waals surface area contributed by atoms with Gasteiger partial charge in [-0.15, -0.1) is 0 Å². The first kappa shape index (κ1) is 12.5. The number of aldehydes is 1. The second kappa shape index (κ2) is 6.95. The Morgan fingerprint density at radius 1 is 1.14 bits per heavy atom. The smallest absolute Gasteiger partial charge is 0.153 e. The van der Waals surface area contributed by atoms with Crippen LogP contribution >= 0.6 is 0 Å². The third kappa shape index (κ3) is 3.09. The van der Waals surface area contributed by atoms with E-state index in [9.17, 15) is 4.79 Å². The van der Waals surface area contributed by atoms with Gasteiger partial charge in [-0.2, -0.15) is 0 Å². The van der Waals surface area contributed by atoms with E-state index in [-0.39, 0.29) is 0 Å². The van der Waals surface area contributed by atoms with E-state index in [1.54, 1.807) is 25.3 Å². The molecule has 78 valence electrons. The quantitative estimate of drug-likeness (QED) is 0.697. The van der Waals surface area contributed by atoms with E-state index in [1.165, 1.54) is 7.11 Å². The van der Waals surface area contributed by atoms with Gasteiger partial charge < -0.3 is 9.47 Å². The van der Waals surface area contributed by atoms with Crippen LogP contribution in [0.1, 0.15) is 24.2 Å². The minimum Gasteiger partial charge on any atom is -0.497 e. The lowest BCUT2D eigenvalue weighted by molar-refractivity contribution is 0.112. The van der Waals surface area contributed by atoms with E-state index in [2.05, 4.69) is 0 Å². The zero-order chi connectivity index (χ0) is 11.0. The Labute approximate surface area is 84.7 Å². The standard InChI is InChI=1S/C9H10O3.C2H6/c1-11-8-4-3-7(6-10)9(5-8)12-2;1-2/h3-6H,1-2H3;1-2H3. The highest BCUT2D eigenvalue weighted by molar-refractivity contribution is 5.79. The lowest BCUT2D eigenvalue weighted by atomic mass is 10.2. The van der Waals surface area contributed by atoms with Crippen LogP contribution in [0, 0.1) is 0 Å². The normalized spacial score (nSPS) is 8.29. The first-order valence-electron chi connectivity index (χ1n) is 4.49. The van der Waals surface area contributed by atoms with Crippen molar-refractivity contribution in [2.75, 3.05) is 14.2 Å².